The Bertz CT molecular complexity index is 1980. The maximum atomic E-state index is 14.5. The fraction of sp³-hybridized carbons (Fsp3) is 0.176. The lowest BCUT2D eigenvalue weighted by Gasteiger charge is -2.52. The molecule has 3 amide bonds. The maximum Gasteiger partial charge on any atom is 0.293 e. The topological polar surface area (TPSA) is 165 Å². The van der Waals surface area contributed by atoms with Crippen LogP contribution in [0.3, 0.4) is 0 Å². The molecule has 2 bridgehead atoms. The first-order chi connectivity index (χ1) is 22.1. The van der Waals surface area contributed by atoms with Gasteiger partial charge in [-0.2, -0.15) is 5.10 Å². The third kappa shape index (κ3) is 4.14. The number of hydrazone groups is 1. The number of benzene rings is 4. The molecule has 1 saturated heterocycles. The van der Waals surface area contributed by atoms with Crippen LogP contribution in [-0.2, 0) is 26.2 Å². The summed E-state index contributed by atoms with van der Waals surface area (Å²) in [5, 5.41) is 27.4. The average Bonchev–Trinajstić information content (AvgIpc) is 3.31. The minimum absolute atomic E-state index is 0.0870. The van der Waals surface area contributed by atoms with Crippen molar-refractivity contribution in [2.45, 2.75) is 24.7 Å². The lowest BCUT2D eigenvalue weighted by molar-refractivity contribution is -0.384. The van der Waals surface area contributed by atoms with Crippen LogP contribution in [0.25, 0.3) is 0 Å². The van der Waals surface area contributed by atoms with Gasteiger partial charge < -0.3 is 0 Å². The molecule has 0 radical (unpaired) electrons. The van der Waals surface area contributed by atoms with Gasteiger partial charge in [-0.15, -0.1) is 0 Å². The zero-order chi connectivity index (χ0) is 32.3. The van der Waals surface area contributed by atoms with E-state index in [0.29, 0.717) is 11.1 Å². The number of aryl methyl sites for hydroxylation is 1. The Kier molecular flexibility index (Phi) is 6.58. The van der Waals surface area contributed by atoms with E-state index >= 15 is 0 Å². The first-order valence-electron chi connectivity index (χ1n) is 14.5. The number of amides is 3. The third-order valence-corrected chi connectivity index (χ3v) is 9.22. The molecule has 4 aromatic rings. The zero-order valence-corrected chi connectivity index (χ0v) is 24.3. The molecule has 4 aliphatic rings. The Balaban J connectivity index is 1.33. The van der Waals surface area contributed by atoms with Crippen LogP contribution < -0.4 is 10.3 Å². The molecular formula is C34H25N5O7. The second kappa shape index (κ2) is 10.5. The number of anilines is 1. The molecule has 2 atom stereocenters. The molecule has 1 heterocycles. The van der Waals surface area contributed by atoms with Gasteiger partial charge in [-0.3, -0.25) is 34.6 Å². The van der Waals surface area contributed by atoms with Gasteiger partial charge in [-0.1, -0.05) is 66.7 Å². The molecule has 8 rings (SSSR count). The van der Waals surface area contributed by atoms with Crippen LogP contribution in [0.1, 0.15) is 39.3 Å². The van der Waals surface area contributed by atoms with E-state index in [-0.39, 0.29) is 23.5 Å². The molecule has 228 valence electrons. The monoisotopic (exact) mass is 615 g/mol. The Labute approximate surface area is 261 Å². The number of imide groups is 1. The molecule has 12 nitrogen and oxygen atoms in total. The number of nitro groups is 2. The Morgan fingerprint density at radius 2 is 1.52 bits per heavy atom. The summed E-state index contributed by atoms with van der Waals surface area (Å²) in [5.41, 5.74) is 5.07. The van der Waals surface area contributed by atoms with Crippen LogP contribution in [-0.4, -0.2) is 33.8 Å². The summed E-state index contributed by atoms with van der Waals surface area (Å²) >= 11 is 0. The van der Waals surface area contributed by atoms with Crippen molar-refractivity contribution < 1.29 is 24.2 Å². The van der Waals surface area contributed by atoms with E-state index < -0.39 is 50.7 Å². The fourth-order valence-electron chi connectivity index (χ4n) is 7.42. The summed E-state index contributed by atoms with van der Waals surface area (Å²) in [6.07, 6.45) is 1.40. The number of nitro benzene ring substituents is 2. The second-order valence-electron chi connectivity index (χ2n) is 11.7. The molecule has 0 aromatic heterocycles. The summed E-state index contributed by atoms with van der Waals surface area (Å²) < 4.78 is 0. The van der Waals surface area contributed by atoms with Crippen LogP contribution in [0.15, 0.2) is 96.1 Å². The molecule has 12 heteroatoms. The number of nitrogens with zero attached hydrogens (tertiary/aromatic N) is 4. The van der Waals surface area contributed by atoms with Crippen LogP contribution in [0.5, 0.6) is 0 Å². The molecule has 46 heavy (non-hydrogen) atoms. The van der Waals surface area contributed by atoms with E-state index in [1.54, 1.807) is 13.0 Å². The molecular weight excluding hydrogens is 590 g/mol. The minimum Gasteiger partial charge on any atom is -0.274 e. The van der Waals surface area contributed by atoms with Crippen molar-refractivity contribution >= 4 is 41.0 Å². The molecule has 3 aliphatic carbocycles. The highest BCUT2D eigenvalue weighted by molar-refractivity contribution is 6.25. The highest BCUT2D eigenvalue weighted by atomic mass is 16.6. The number of hydrogen-bond acceptors (Lipinski definition) is 8. The summed E-state index contributed by atoms with van der Waals surface area (Å²) in [7, 11) is 0. The third-order valence-electron chi connectivity index (χ3n) is 9.22. The Hall–Kier alpha value is -6.04. The lowest BCUT2D eigenvalue weighted by Crippen LogP contribution is -2.54. The smallest absolute Gasteiger partial charge is 0.274 e. The Morgan fingerprint density at radius 1 is 0.891 bits per heavy atom. The minimum atomic E-state index is -1.28. The Morgan fingerprint density at radius 3 is 2.13 bits per heavy atom. The van der Waals surface area contributed by atoms with Gasteiger partial charge in [0.15, 0.2) is 0 Å². The van der Waals surface area contributed by atoms with Crippen molar-refractivity contribution in [3.63, 3.8) is 0 Å². The molecule has 0 saturated carbocycles. The van der Waals surface area contributed by atoms with E-state index in [1.807, 2.05) is 48.5 Å². The first kappa shape index (κ1) is 28.7. The quantitative estimate of drug-likeness (QED) is 0.136. The van der Waals surface area contributed by atoms with E-state index in [1.165, 1.54) is 42.6 Å². The first-order valence-corrected chi connectivity index (χ1v) is 14.5. The summed E-state index contributed by atoms with van der Waals surface area (Å²) in [4.78, 5) is 64.7. The van der Waals surface area contributed by atoms with Crippen molar-refractivity contribution in [1.29, 1.82) is 0 Å². The normalized spacial score (nSPS) is 22.4. The molecule has 0 unspecified atom stereocenters. The van der Waals surface area contributed by atoms with Gasteiger partial charge in [0, 0.05) is 30.3 Å². The van der Waals surface area contributed by atoms with Gasteiger partial charge in [-0.05, 0) is 46.4 Å². The largest absolute Gasteiger partial charge is 0.293 e. The molecule has 4 aromatic carbocycles. The number of carbonyl (C=O) groups excluding carboxylic acids is 3. The predicted molar refractivity (Wildman–Crippen MR) is 166 cm³/mol. The van der Waals surface area contributed by atoms with E-state index in [2.05, 4.69) is 10.5 Å². The van der Waals surface area contributed by atoms with Crippen LogP contribution >= 0.6 is 0 Å². The number of nitrogens with one attached hydrogen (secondary N) is 1. The van der Waals surface area contributed by atoms with Crippen LogP contribution in [0, 0.1) is 39.0 Å². The van der Waals surface area contributed by atoms with Crippen molar-refractivity contribution in [2.75, 3.05) is 4.90 Å². The van der Waals surface area contributed by atoms with Crippen LogP contribution in [0.4, 0.5) is 17.1 Å². The average molecular weight is 616 g/mol. The number of non-ortho nitro benzene ring substituents is 1. The van der Waals surface area contributed by atoms with Crippen molar-refractivity contribution in [2.24, 2.45) is 16.9 Å². The van der Waals surface area contributed by atoms with E-state index in [0.717, 1.165) is 27.2 Å². The van der Waals surface area contributed by atoms with Gasteiger partial charge in [0.25, 0.3) is 11.4 Å². The summed E-state index contributed by atoms with van der Waals surface area (Å²) in [5.74, 6) is -3.95. The summed E-state index contributed by atoms with van der Waals surface area (Å²) in [6.45, 7) is 1.69. The second-order valence-corrected chi connectivity index (χ2v) is 11.7. The predicted octanol–water partition coefficient (Wildman–Crippen LogP) is 4.71. The molecule has 1 fully saturated rings. The molecule has 1 aliphatic heterocycles. The van der Waals surface area contributed by atoms with Crippen molar-refractivity contribution in [3.8, 4) is 0 Å². The highest BCUT2D eigenvalue weighted by Gasteiger charge is 2.68. The van der Waals surface area contributed by atoms with Crippen molar-refractivity contribution in [3.05, 3.63) is 145 Å². The van der Waals surface area contributed by atoms with Gasteiger partial charge >= 0.3 is 0 Å². The number of carbonyl (C=O) groups is 3. The number of rotatable bonds is 7. The van der Waals surface area contributed by atoms with E-state index in [9.17, 15) is 34.6 Å². The highest BCUT2D eigenvalue weighted by Crippen LogP contribution is 2.64. The van der Waals surface area contributed by atoms with Gasteiger partial charge in [0.1, 0.15) is 5.69 Å². The number of hydrogen-bond donors (Lipinski definition) is 1. The molecule has 0 spiro atoms. The van der Waals surface area contributed by atoms with Gasteiger partial charge in [-0.25, -0.2) is 10.3 Å². The standard InChI is InChI=1S/C34H25N5O7/c1-19-10-15-26(27(16-19)39(45)46)37-32(41)30-29-22-6-2-4-8-24(22)34(31(30)33(37)42,25-9-5-3-7-23(25)29)18-35-36-28(40)17-20-11-13-21(14-12-20)38(43)44/h2-16,18,29-31H,17H2,1H3,(H,36,40)/b35-18-/t29?,30-,31+,34?/m1/s1. The SMILES string of the molecule is Cc1ccc(N2C(=O)[C@@H]3C4c5ccccc5C(/C=N\NC(=O)Cc5ccc([N+](=O)[O-])cc5)(c5ccccc54)[C@@H]3C2=O)c([N+](=O)[O-])c1. The van der Waals surface area contributed by atoms with Crippen molar-refractivity contribution in [1.82, 2.24) is 5.43 Å². The zero-order valence-electron chi connectivity index (χ0n) is 24.3. The molecule has 1 N–H and O–H groups in total. The van der Waals surface area contributed by atoms with Gasteiger partial charge in [0.05, 0.1) is 33.5 Å². The maximum absolute atomic E-state index is 14.5. The fourth-order valence-corrected chi connectivity index (χ4v) is 7.42. The van der Waals surface area contributed by atoms with Gasteiger partial charge in [0.2, 0.25) is 17.7 Å². The lowest BCUT2D eigenvalue weighted by atomic mass is 9.47. The summed E-state index contributed by atoms with van der Waals surface area (Å²) in [6, 6.07) is 25.0. The van der Waals surface area contributed by atoms with E-state index in [4.69, 9.17) is 0 Å². The van der Waals surface area contributed by atoms with Crippen LogP contribution in [0.2, 0.25) is 0 Å².